The molecule has 1 spiro atoms. The molecular weight excluding hydrogens is 1050 g/mol. The summed E-state index contributed by atoms with van der Waals surface area (Å²) in [6.45, 7) is 41.3. The minimum Gasteiger partial charge on any atom is -0.561 e. The molecule has 0 atom stereocenters. The average Bonchev–Trinajstić information content (AvgIpc) is 3.34. The SMILES string of the molecule is CC[PH+](CC)CC.CC[PH+](CC)CC.CC[PH+](CC)CC.CC[PH+](CC)CC.Cc1cccc(C)c1B1OB(c2c(C)cccc2C)O[B-]2(O1)OB(c1c(C)cccc1C)OB(c1c(C)cccc1C)O2.[Rh]. The predicted molar refractivity (Wildman–Crippen MR) is 337 cm³/mol. The molecule has 72 heavy (non-hydrogen) atoms. The Balaban J connectivity index is 0.000000729. The molecule has 401 valence electrons. The van der Waals surface area contributed by atoms with Gasteiger partial charge in [0, 0.05) is 19.5 Å². The summed E-state index contributed by atoms with van der Waals surface area (Å²) in [6.07, 6.45) is 17.5. The van der Waals surface area contributed by atoms with Crippen molar-refractivity contribution >= 4 is 89.0 Å². The molecule has 4 aromatic carbocycles. The van der Waals surface area contributed by atoms with Crippen LogP contribution in [0.15, 0.2) is 72.8 Å². The second-order valence-corrected chi connectivity index (χ2v) is 33.7. The van der Waals surface area contributed by atoms with E-state index in [0.717, 1.165) is 66.4 Å². The van der Waals surface area contributed by atoms with Gasteiger partial charge in [-0.25, -0.2) is 0 Å². The number of hydrogen-bond donors (Lipinski definition) is 0. The minimum absolute atomic E-state index is 0. The summed E-state index contributed by atoms with van der Waals surface area (Å²) in [5.41, 5.74) is 12.1. The average molecular weight is 1150 g/mol. The van der Waals surface area contributed by atoms with Gasteiger partial charge >= 0.3 is 35.4 Å². The molecule has 16 heteroatoms. The van der Waals surface area contributed by atoms with E-state index in [1.807, 2.05) is 24.3 Å². The van der Waals surface area contributed by atoms with E-state index >= 15 is 0 Å². The third-order valence-electron chi connectivity index (χ3n) is 14.8. The van der Waals surface area contributed by atoms with Gasteiger partial charge in [-0.1, -0.05) is 117 Å². The molecule has 1 radical (unpaired) electrons. The summed E-state index contributed by atoms with van der Waals surface area (Å²) in [5, 5.41) is 0. The zero-order valence-corrected chi connectivity index (χ0v) is 54.7. The summed E-state index contributed by atoms with van der Waals surface area (Å²) in [7, 11) is -2.69. The Morgan fingerprint density at radius 2 is 0.431 bits per heavy atom. The molecule has 2 saturated heterocycles. The zero-order chi connectivity index (χ0) is 53.3. The molecule has 0 aliphatic carbocycles. The molecule has 2 fully saturated rings. The summed E-state index contributed by atoms with van der Waals surface area (Å²) in [5.74, 6) is 0. The summed E-state index contributed by atoms with van der Waals surface area (Å²) in [6, 6.07) is 24.6. The van der Waals surface area contributed by atoms with Crippen LogP contribution in [0, 0.1) is 55.4 Å². The van der Waals surface area contributed by atoms with Crippen molar-refractivity contribution < 1.29 is 46.9 Å². The van der Waals surface area contributed by atoms with Gasteiger partial charge in [0.1, 0.15) is 0 Å². The van der Waals surface area contributed by atoms with E-state index < -0.39 is 35.4 Å². The van der Waals surface area contributed by atoms with Crippen molar-refractivity contribution in [1.29, 1.82) is 0 Å². The van der Waals surface area contributed by atoms with Crippen LogP contribution >= 0.6 is 31.7 Å². The van der Waals surface area contributed by atoms with Crippen LogP contribution in [0.1, 0.15) is 128 Å². The van der Waals surface area contributed by atoms with Gasteiger partial charge in [-0.15, -0.1) is 0 Å². The van der Waals surface area contributed by atoms with Gasteiger partial charge in [-0.3, -0.25) is 0 Å². The van der Waals surface area contributed by atoms with Gasteiger partial charge in [0.2, 0.25) is 0 Å². The summed E-state index contributed by atoms with van der Waals surface area (Å²) >= 11 is 0. The van der Waals surface area contributed by atoms with Crippen molar-refractivity contribution in [2.45, 2.75) is 138 Å². The van der Waals surface area contributed by atoms with Crippen molar-refractivity contribution in [1.82, 2.24) is 0 Å². The number of benzene rings is 4. The van der Waals surface area contributed by atoms with E-state index in [1.165, 1.54) is 73.9 Å². The Bertz CT molecular complexity index is 1710. The first-order chi connectivity index (χ1) is 33.9. The molecule has 6 rings (SSSR count). The first-order valence-electron chi connectivity index (χ1n) is 27.7. The Morgan fingerprint density at radius 1 is 0.292 bits per heavy atom. The molecule has 6 nitrogen and oxygen atoms in total. The Labute approximate surface area is 462 Å². The number of hydrogen-bond acceptors (Lipinski definition) is 6. The smallest absolute Gasteiger partial charge is 0.481 e. The molecule has 2 heterocycles. The quantitative estimate of drug-likeness (QED) is 0.0823. The van der Waals surface area contributed by atoms with Gasteiger partial charge < -0.3 is 27.4 Å². The van der Waals surface area contributed by atoms with Gasteiger partial charge in [0.05, 0.1) is 73.9 Å². The van der Waals surface area contributed by atoms with Crippen LogP contribution in [-0.2, 0) is 46.9 Å². The van der Waals surface area contributed by atoms with Crippen LogP contribution < -0.4 is 21.9 Å². The van der Waals surface area contributed by atoms with Crippen molar-refractivity contribution in [2.24, 2.45) is 0 Å². The normalized spacial score (nSPS) is 14.0. The van der Waals surface area contributed by atoms with Crippen LogP contribution in [0.4, 0.5) is 0 Å². The first-order valence-corrected chi connectivity index (χ1v) is 36.2. The third kappa shape index (κ3) is 21.3. The van der Waals surface area contributed by atoms with E-state index in [0.29, 0.717) is 0 Å². The van der Waals surface area contributed by atoms with Gasteiger partial charge in [0.15, 0.2) is 0 Å². The largest absolute Gasteiger partial charge is 0.561 e. The van der Waals surface area contributed by atoms with E-state index in [9.17, 15) is 0 Å². The minimum atomic E-state index is -2.87. The van der Waals surface area contributed by atoms with Crippen molar-refractivity contribution in [3.8, 4) is 0 Å². The Kier molecular flexibility index (Phi) is 35.8. The molecule has 2 aliphatic rings. The van der Waals surface area contributed by atoms with Gasteiger partial charge in [-0.05, 0) is 192 Å². The monoisotopic (exact) mass is 1150 g/mol. The maximum Gasteiger partial charge on any atom is 0.481 e. The van der Waals surface area contributed by atoms with E-state index in [4.69, 9.17) is 27.4 Å². The van der Waals surface area contributed by atoms with Crippen LogP contribution in [0.5, 0.6) is 0 Å². The fourth-order valence-corrected chi connectivity index (χ4v) is 15.5. The topological polar surface area (TPSA) is 55.4 Å². The fourth-order valence-electron chi connectivity index (χ4n) is 9.49. The van der Waals surface area contributed by atoms with Gasteiger partial charge in [0.25, 0.3) is 0 Å². The molecule has 0 unspecified atom stereocenters. The zero-order valence-electron chi connectivity index (χ0n) is 49.1. The maximum absolute atomic E-state index is 6.75. The molecule has 0 saturated carbocycles. The molecular formula is C56H100B5O6P4Rh+3. The second kappa shape index (κ2) is 37.2. The van der Waals surface area contributed by atoms with Crippen molar-refractivity contribution in [3.63, 3.8) is 0 Å². The second-order valence-electron chi connectivity index (χ2n) is 19.2. The predicted octanol–water partition coefficient (Wildman–Crippen LogP) is 12.6. The van der Waals surface area contributed by atoms with Crippen LogP contribution in [-0.4, -0.2) is 109 Å². The summed E-state index contributed by atoms with van der Waals surface area (Å²) < 4.78 is 40.3. The third-order valence-corrected chi connectivity index (χ3v) is 26.8. The van der Waals surface area contributed by atoms with Crippen LogP contribution in [0.2, 0.25) is 0 Å². The molecule has 2 aliphatic heterocycles. The van der Waals surface area contributed by atoms with Crippen molar-refractivity contribution in [2.75, 3.05) is 73.9 Å². The Morgan fingerprint density at radius 3 is 0.542 bits per heavy atom. The van der Waals surface area contributed by atoms with E-state index in [2.05, 4.69) is 187 Å². The van der Waals surface area contributed by atoms with Crippen LogP contribution in [0.25, 0.3) is 0 Å². The van der Waals surface area contributed by atoms with Crippen LogP contribution in [0.3, 0.4) is 0 Å². The van der Waals surface area contributed by atoms with Crippen molar-refractivity contribution in [3.05, 3.63) is 117 Å². The molecule has 0 amide bonds. The first kappa shape index (κ1) is 69.3. The van der Waals surface area contributed by atoms with Gasteiger partial charge in [-0.2, -0.15) is 0 Å². The maximum atomic E-state index is 6.75. The molecule has 4 aromatic rings. The molecule has 0 N–H and O–H groups in total. The fraction of sp³-hybridized carbons (Fsp3) is 0.571. The molecule has 0 aromatic heterocycles. The van der Waals surface area contributed by atoms with E-state index in [1.54, 1.807) is 0 Å². The number of aryl methyl sites for hydroxylation is 8. The number of rotatable bonds is 16. The standard InChI is InChI=1S/C32H36B5O6.4C6H15P.Rh/c1-21-13-9-14-22(2)29(21)33-38-34(30-23(3)15-10-16-24(30)4)41-37(40-33)42-35(31-25(5)17-11-18-26(31)6)39-36(43-37)32-27(7)19-12-20-28(32)8;4*1-4-7(5-2)6-3;/h9-20H,1-8H3;4*4-6H2,1-3H3;/q-1;;;;;/p+4. The summed E-state index contributed by atoms with van der Waals surface area (Å²) in [4.78, 5) is 0. The van der Waals surface area contributed by atoms with E-state index in [-0.39, 0.29) is 51.2 Å². The Hall–Kier alpha value is -0.692. The molecule has 0 bridgehead atoms.